The predicted molar refractivity (Wildman–Crippen MR) is 246 cm³/mol. The number of hydrogen-bond acceptors (Lipinski definition) is 9. The highest BCUT2D eigenvalue weighted by Crippen LogP contribution is 2.61. The van der Waals surface area contributed by atoms with Crippen LogP contribution < -0.4 is 10.6 Å². The minimum absolute atomic E-state index is 0.0262. The number of rotatable bonds is 13. The normalized spacial score (nSPS) is 16.6. The monoisotopic (exact) mass is 877 g/mol. The van der Waals surface area contributed by atoms with Gasteiger partial charge in [-0.1, -0.05) is 95.6 Å². The van der Waals surface area contributed by atoms with E-state index in [1.54, 1.807) is 12.4 Å². The first-order chi connectivity index (χ1) is 31.0. The van der Waals surface area contributed by atoms with E-state index in [-0.39, 0.29) is 30.3 Å². The van der Waals surface area contributed by atoms with Crippen LogP contribution in [0.2, 0.25) is 0 Å². The van der Waals surface area contributed by atoms with Crippen LogP contribution in [0.1, 0.15) is 65.2 Å². The Morgan fingerprint density at radius 2 is 1.49 bits per heavy atom. The van der Waals surface area contributed by atoms with Gasteiger partial charge in [-0.25, -0.2) is 19.6 Å². The van der Waals surface area contributed by atoms with Crippen molar-refractivity contribution < 1.29 is 28.7 Å². The fourth-order valence-corrected chi connectivity index (χ4v) is 8.44. The number of likely N-dealkylation sites (tertiary alicyclic amines) is 1. The maximum atomic E-state index is 14.0. The highest BCUT2D eigenvalue weighted by atomic mass is 16.5. The van der Waals surface area contributed by atoms with Crippen molar-refractivity contribution in [3.8, 4) is 52.1 Å². The summed E-state index contributed by atoms with van der Waals surface area (Å²) in [6.45, 7) is 14.2. The van der Waals surface area contributed by atoms with Gasteiger partial charge in [-0.2, -0.15) is 5.26 Å². The molecule has 1 saturated heterocycles. The molecule has 0 unspecified atom stereocenters. The summed E-state index contributed by atoms with van der Waals surface area (Å²) in [5, 5.41) is 17.0. The van der Waals surface area contributed by atoms with Gasteiger partial charge in [-0.15, -0.1) is 6.42 Å². The van der Waals surface area contributed by atoms with Crippen molar-refractivity contribution in [2.24, 2.45) is 22.7 Å². The molecule has 0 bridgehead atoms. The third kappa shape index (κ3) is 9.60. The second-order valence-electron chi connectivity index (χ2n) is 18.3. The number of fused-ring (bicyclic) bond motifs is 1. The van der Waals surface area contributed by atoms with E-state index < -0.39 is 47.6 Å². The zero-order valence-electron chi connectivity index (χ0n) is 37.8. The summed E-state index contributed by atoms with van der Waals surface area (Å²) >= 11 is 0. The molecule has 4 atom stereocenters. The number of alkyl carbamates (subject to hydrolysis) is 2. The third-order valence-electron chi connectivity index (χ3n) is 12.5. The summed E-state index contributed by atoms with van der Waals surface area (Å²) in [4.78, 5) is 71.6. The molecular weight excluding hydrogens is 823 g/mol. The van der Waals surface area contributed by atoms with Gasteiger partial charge in [0.1, 0.15) is 35.7 Å². The number of imidazole rings is 2. The number of aromatic amines is 2. The fraction of sp³-hybridized carbons (Fsp3) is 0.380. The van der Waals surface area contributed by atoms with E-state index in [4.69, 9.17) is 20.9 Å². The molecule has 1 saturated carbocycles. The highest BCUT2D eigenvalue weighted by Gasteiger charge is 2.58. The standard InChI is InChI=1S/C50H55N9O6/c1-10-31(23-51)26-58(46(61)43(49(5,6)7)57-48(63)65-9)27-40-52-24-39(54-40)37-18-17-35-21-34(15-16-36(35)22-37)32-11-13-33(14-12-32)38-25-53-44(55-38)42-30(4)50(19-20-50)28-59(42)45(60)41(29(2)3)56-47(62)64-8/h1,11-18,21-22,24-25,29,31,41-43H,4,19-20,26-28H2,2-3,5-9H3,(H,52,54)(H,53,55)(H,56,62)(H,57,63)/t31-,41+,42+,43-/m1/s1. The van der Waals surface area contributed by atoms with Crippen LogP contribution in [0, 0.1) is 46.3 Å². The van der Waals surface area contributed by atoms with Crippen molar-refractivity contribution >= 4 is 34.8 Å². The molecule has 5 aromatic rings. The summed E-state index contributed by atoms with van der Waals surface area (Å²) in [7, 11) is 2.51. The first-order valence-electron chi connectivity index (χ1n) is 21.6. The van der Waals surface area contributed by atoms with Crippen molar-refractivity contribution in [3.05, 3.63) is 96.9 Å². The van der Waals surface area contributed by atoms with Crippen LogP contribution in [0.4, 0.5) is 9.59 Å². The number of carbonyl (C=O) groups excluding carboxylic acids is 4. The molecule has 4 N–H and O–H groups in total. The maximum Gasteiger partial charge on any atom is 0.407 e. The lowest BCUT2D eigenvalue weighted by Crippen LogP contribution is -2.55. The minimum Gasteiger partial charge on any atom is -0.453 e. The number of ether oxygens (including phenoxy) is 2. The van der Waals surface area contributed by atoms with Gasteiger partial charge in [0.2, 0.25) is 11.8 Å². The minimum atomic E-state index is -0.956. The van der Waals surface area contributed by atoms with Gasteiger partial charge in [0.25, 0.3) is 0 Å². The number of nitriles is 1. The second kappa shape index (κ2) is 18.4. The van der Waals surface area contributed by atoms with Crippen LogP contribution in [0.5, 0.6) is 0 Å². The summed E-state index contributed by atoms with van der Waals surface area (Å²) < 4.78 is 9.60. The second-order valence-corrected chi connectivity index (χ2v) is 18.3. The first kappa shape index (κ1) is 45.6. The first-order valence-corrected chi connectivity index (χ1v) is 21.6. The molecule has 4 amide bonds. The van der Waals surface area contributed by atoms with Gasteiger partial charge in [0.15, 0.2) is 0 Å². The van der Waals surface area contributed by atoms with E-state index in [1.165, 1.54) is 19.1 Å². The lowest BCUT2D eigenvalue weighted by atomic mass is 9.85. The SMILES string of the molecule is C#C[C@H](C#N)CN(Cc1ncc(-c2ccc3cc(-c4ccc(-c5cnc([C@@H]6C(=C)C7(CC7)CN6C(=O)[C@@H](NC(=O)OC)C(C)C)[nH]5)cc4)ccc3c2)[nH]1)C(=O)[C@@H](NC(=O)OC)C(C)(C)C. The van der Waals surface area contributed by atoms with Crippen molar-refractivity contribution in [2.75, 3.05) is 27.3 Å². The van der Waals surface area contributed by atoms with E-state index >= 15 is 0 Å². The lowest BCUT2D eigenvalue weighted by Gasteiger charge is -2.34. The van der Waals surface area contributed by atoms with E-state index in [9.17, 15) is 24.4 Å². The van der Waals surface area contributed by atoms with Gasteiger partial charge >= 0.3 is 12.2 Å². The largest absolute Gasteiger partial charge is 0.453 e. The van der Waals surface area contributed by atoms with Crippen LogP contribution in [-0.2, 0) is 25.6 Å². The molecule has 65 heavy (non-hydrogen) atoms. The Hall–Kier alpha value is -7.39. The molecule has 1 aliphatic heterocycles. The molecular formula is C50H55N9O6. The number of carbonyl (C=O) groups is 4. The fourth-order valence-electron chi connectivity index (χ4n) is 8.44. The van der Waals surface area contributed by atoms with Crippen molar-refractivity contribution in [1.82, 2.24) is 40.4 Å². The van der Waals surface area contributed by atoms with Gasteiger partial charge < -0.3 is 39.9 Å². The molecule has 3 aromatic carbocycles. The Morgan fingerprint density at radius 1 is 0.908 bits per heavy atom. The number of methoxy groups -OCH3 is 2. The molecule has 15 nitrogen and oxygen atoms in total. The Labute approximate surface area is 379 Å². The molecule has 336 valence electrons. The average Bonchev–Trinajstić information content (AvgIpc) is 3.55. The van der Waals surface area contributed by atoms with Crippen LogP contribution >= 0.6 is 0 Å². The number of terminal acetylenes is 1. The molecule has 1 aliphatic carbocycles. The molecule has 7 rings (SSSR count). The number of nitrogens with zero attached hydrogens (tertiary/aromatic N) is 5. The van der Waals surface area contributed by atoms with E-state index in [1.807, 2.05) is 63.8 Å². The van der Waals surface area contributed by atoms with Gasteiger partial charge in [-0.05, 0) is 69.3 Å². The Bertz CT molecular complexity index is 2700. The summed E-state index contributed by atoms with van der Waals surface area (Å²) in [5.41, 5.74) is 5.61. The zero-order valence-corrected chi connectivity index (χ0v) is 37.8. The van der Waals surface area contributed by atoms with E-state index in [0.29, 0.717) is 18.2 Å². The van der Waals surface area contributed by atoms with Crippen LogP contribution in [-0.4, -0.2) is 93.1 Å². The summed E-state index contributed by atoms with van der Waals surface area (Å²) in [6.07, 6.45) is 9.61. The molecule has 2 aliphatic rings. The number of nitrogens with one attached hydrogen (secondary N) is 4. The van der Waals surface area contributed by atoms with Crippen LogP contribution in [0.3, 0.4) is 0 Å². The molecule has 3 heterocycles. The van der Waals surface area contributed by atoms with Crippen molar-refractivity contribution in [2.45, 2.75) is 72.1 Å². The van der Waals surface area contributed by atoms with Crippen LogP contribution in [0.15, 0.2) is 85.2 Å². The van der Waals surface area contributed by atoms with Crippen molar-refractivity contribution in [1.29, 1.82) is 5.26 Å². The van der Waals surface area contributed by atoms with Gasteiger partial charge in [-0.3, -0.25) is 9.59 Å². The lowest BCUT2D eigenvalue weighted by molar-refractivity contribution is -0.137. The quantitative estimate of drug-likeness (QED) is 0.0675. The number of amides is 4. The average molecular weight is 878 g/mol. The molecule has 15 heteroatoms. The van der Waals surface area contributed by atoms with Crippen molar-refractivity contribution in [3.63, 3.8) is 0 Å². The summed E-state index contributed by atoms with van der Waals surface area (Å²) in [6, 6.07) is 20.5. The predicted octanol–water partition coefficient (Wildman–Crippen LogP) is 7.76. The number of benzene rings is 3. The number of hydrogen-bond donors (Lipinski definition) is 4. The molecule has 2 aromatic heterocycles. The summed E-state index contributed by atoms with van der Waals surface area (Å²) in [5.74, 6) is 1.91. The van der Waals surface area contributed by atoms with E-state index in [0.717, 1.165) is 62.8 Å². The molecule has 1 spiro atoms. The highest BCUT2D eigenvalue weighted by molar-refractivity contribution is 5.91. The zero-order chi connectivity index (χ0) is 46.8. The van der Waals surface area contributed by atoms with Crippen LogP contribution in [0.25, 0.3) is 44.4 Å². The Kier molecular flexibility index (Phi) is 12.9. The van der Waals surface area contributed by atoms with Gasteiger partial charge in [0.05, 0.1) is 50.6 Å². The Balaban J connectivity index is 1.06. The maximum absolute atomic E-state index is 14.0. The molecule has 2 fully saturated rings. The smallest absolute Gasteiger partial charge is 0.407 e. The third-order valence-corrected chi connectivity index (χ3v) is 12.5. The molecule has 0 radical (unpaired) electrons. The van der Waals surface area contributed by atoms with Gasteiger partial charge in [0, 0.05) is 24.1 Å². The van der Waals surface area contributed by atoms with E-state index in [2.05, 4.69) is 80.6 Å². The number of aromatic nitrogens is 4. The Morgan fingerprint density at radius 3 is 2.09 bits per heavy atom. The topological polar surface area (TPSA) is 198 Å². The number of H-pyrrole nitrogens is 2.